The Bertz CT molecular complexity index is 210. The second-order valence-corrected chi connectivity index (χ2v) is 4.58. The van der Waals surface area contributed by atoms with Crippen molar-refractivity contribution >= 4 is 6.03 Å². The molecule has 3 nitrogen and oxygen atoms in total. The molecule has 1 aliphatic heterocycles. The molecule has 2 rings (SSSR count). The van der Waals surface area contributed by atoms with E-state index < -0.39 is 0 Å². The van der Waals surface area contributed by atoms with Crippen LogP contribution in [-0.4, -0.2) is 31.1 Å². The first-order valence-corrected chi connectivity index (χ1v) is 6.21. The molecule has 1 heterocycles. The predicted octanol–water partition coefficient (Wildman–Crippen LogP) is 2.62. The van der Waals surface area contributed by atoms with Crippen molar-refractivity contribution in [2.24, 2.45) is 5.41 Å². The summed E-state index contributed by atoms with van der Waals surface area (Å²) in [5, 5.41) is 2.98. The summed E-state index contributed by atoms with van der Waals surface area (Å²) >= 11 is 0. The molecule has 15 heavy (non-hydrogen) atoms. The Balaban J connectivity index is 0.000000531. The quantitative estimate of drug-likeness (QED) is 0.657. The third kappa shape index (κ3) is 2.86. The van der Waals surface area contributed by atoms with Gasteiger partial charge in [-0.25, -0.2) is 4.79 Å². The van der Waals surface area contributed by atoms with Crippen molar-refractivity contribution in [2.75, 3.05) is 20.1 Å². The van der Waals surface area contributed by atoms with E-state index in [0.717, 1.165) is 13.1 Å². The smallest absolute Gasteiger partial charge is 0.317 e. The minimum atomic E-state index is 0.0937. The third-order valence-corrected chi connectivity index (χ3v) is 3.45. The van der Waals surface area contributed by atoms with Gasteiger partial charge in [0.1, 0.15) is 0 Å². The standard InChI is InChI=1S/C10H18N2O.C2H6/c1-12-8-10(7-11-9(12)13)5-3-2-4-6-10;1-2/h2-8H2,1H3,(H,11,13);1-2H3. The summed E-state index contributed by atoms with van der Waals surface area (Å²) < 4.78 is 0. The molecule has 1 saturated carbocycles. The number of nitrogens with one attached hydrogen (secondary N) is 1. The van der Waals surface area contributed by atoms with Crippen molar-refractivity contribution < 1.29 is 4.79 Å². The Morgan fingerprint density at radius 3 is 2.33 bits per heavy atom. The van der Waals surface area contributed by atoms with Gasteiger partial charge in [0.05, 0.1) is 0 Å². The van der Waals surface area contributed by atoms with E-state index in [1.165, 1.54) is 32.1 Å². The zero-order valence-corrected chi connectivity index (χ0v) is 10.3. The van der Waals surface area contributed by atoms with Crippen LogP contribution >= 0.6 is 0 Å². The van der Waals surface area contributed by atoms with Gasteiger partial charge in [0, 0.05) is 25.6 Å². The highest BCUT2D eigenvalue weighted by Crippen LogP contribution is 2.37. The van der Waals surface area contributed by atoms with Crippen LogP contribution in [0.1, 0.15) is 46.0 Å². The molecule has 1 spiro atoms. The number of hydrogen-bond donors (Lipinski definition) is 1. The summed E-state index contributed by atoms with van der Waals surface area (Å²) in [4.78, 5) is 13.1. The van der Waals surface area contributed by atoms with Crippen LogP contribution in [0.25, 0.3) is 0 Å². The first-order chi connectivity index (χ1) is 7.22. The summed E-state index contributed by atoms with van der Waals surface area (Å²) in [6, 6.07) is 0.0937. The highest BCUT2D eigenvalue weighted by atomic mass is 16.2. The van der Waals surface area contributed by atoms with Crippen molar-refractivity contribution in [3.05, 3.63) is 0 Å². The number of hydrogen-bond acceptors (Lipinski definition) is 1. The average Bonchev–Trinajstić information content (AvgIpc) is 2.28. The van der Waals surface area contributed by atoms with Crippen molar-refractivity contribution in [2.45, 2.75) is 46.0 Å². The highest BCUT2D eigenvalue weighted by Gasteiger charge is 2.37. The molecule has 0 unspecified atom stereocenters. The SMILES string of the molecule is CC.CN1CC2(CCCCC2)CNC1=O. The van der Waals surface area contributed by atoms with Crippen LogP contribution in [0.2, 0.25) is 0 Å². The third-order valence-electron chi connectivity index (χ3n) is 3.45. The molecular weight excluding hydrogens is 188 g/mol. The summed E-state index contributed by atoms with van der Waals surface area (Å²) in [6.45, 7) is 5.86. The Morgan fingerprint density at radius 1 is 1.20 bits per heavy atom. The van der Waals surface area contributed by atoms with Gasteiger partial charge >= 0.3 is 6.03 Å². The highest BCUT2D eigenvalue weighted by molar-refractivity contribution is 5.74. The summed E-state index contributed by atoms with van der Waals surface area (Å²) in [5.74, 6) is 0. The molecule has 3 heteroatoms. The van der Waals surface area contributed by atoms with E-state index in [2.05, 4.69) is 5.32 Å². The number of urea groups is 1. The predicted molar refractivity (Wildman–Crippen MR) is 62.9 cm³/mol. The van der Waals surface area contributed by atoms with Gasteiger partial charge in [-0.15, -0.1) is 0 Å². The number of carbonyl (C=O) groups excluding carboxylic acids is 1. The van der Waals surface area contributed by atoms with E-state index in [4.69, 9.17) is 0 Å². The fourth-order valence-electron chi connectivity index (χ4n) is 2.67. The normalized spacial score (nSPS) is 24.2. The lowest BCUT2D eigenvalue weighted by Crippen LogP contribution is -2.55. The number of nitrogens with zero attached hydrogens (tertiary/aromatic N) is 1. The fraction of sp³-hybridized carbons (Fsp3) is 0.917. The van der Waals surface area contributed by atoms with Crippen LogP contribution < -0.4 is 5.32 Å². The lowest BCUT2D eigenvalue weighted by molar-refractivity contribution is 0.0981. The van der Waals surface area contributed by atoms with E-state index in [-0.39, 0.29) is 6.03 Å². The molecule has 0 aromatic heterocycles. The molecular formula is C12H24N2O. The molecule has 0 atom stereocenters. The zero-order valence-electron chi connectivity index (χ0n) is 10.3. The van der Waals surface area contributed by atoms with E-state index in [9.17, 15) is 4.79 Å². The monoisotopic (exact) mass is 212 g/mol. The van der Waals surface area contributed by atoms with E-state index in [1.807, 2.05) is 25.8 Å². The molecule has 2 aliphatic rings. The lowest BCUT2D eigenvalue weighted by Gasteiger charge is -2.44. The molecule has 0 aromatic rings. The van der Waals surface area contributed by atoms with Crippen LogP contribution in [-0.2, 0) is 0 Å². The molecule has 1 N–H and O–H groups in total. The largest absolute Gasteiger partial charge is 0.337 e. The molecule has 88 valence electrons. The Morgan fingerprint density at radius 2 is 1.80 bits per heavy atom. The van der Waals surface area contributed by atoms with Crippen molar-refractivity contribution in [3.8, 4) is 0 Å². The maximum absolute atomic E-state index is 11.2. The summed E-state index contributed by atoms with van der Waals surface area (Å²) in [7, 11) is 1.89. The van der Waals surface area contributed by atoms with Crippen LogP contribution in [0.15, 0.2) is 0 Å². The maximum Gasteiger partial charge on any atom is 0.317 e. The molecule has 0 bridgehead atoms. The van der Waals surface area contributed by atoms with Crippen LogP contribution in [0, 0.1) is 5.41 Å². The Labute approximate surface area is 93.2 Å². The van der Waals surface area contributed by atoms with Crippen molar-refractivity contribution in [1.29, 1.82) is 0 Å². The number of amides is 2. The van der Waals surface area contributed by atoms with Gasteiger partial charge in [-0.3, -0.25) is 0 Å². The first kappa shape index (κ1) is 12.3. The summed E-state index contributed by atoms with van der Waals surface area (Å²) in [6.07, 6.45) is 6.63. The fourth-order valence-corrected chi connectivity index (χ4v) is 2.67. The van der Waals surface area contributed by atoms with Crippen LogP contribution in [0.3, 0.4) is 0 Å². The van der Waals surface area contributed by atoms with Crippen molar-refractivity contribution in [3.63, 3.8) is 0 Å². The number of rotatable bonds is 0. The topological polar surface area (TPSA) is 32.3 Å². The van der Waals surface area contributed by atoms with Gasteiger partial charge in [-0.2, -0.15) is 0 Å². The average molecular weight is 212 g/mol. The van der Waals surface area contributed by atoms with Gasteiger partial charge in [-0.1, -0.05) is 33.1 Å². The molecule has 0 radical (unpaired) electrons. The van der Waals surface area contributed by atoms with E-state index in [0.29, 0.717) is 5.41 Å². The second kappa shape index (κ2) is 5.38. The zero-order chi connectivity index (χ0) is 11.3. The summed E-state index contributed by atoms with van der Waals surface area (Å²) in [5.41, 5.74) is 0.404. The molecule has 1 aliphatic carbocycles. The first-order valence-electron chi connectivity index (χ1n) is 6.21. The van der Waals surface area contributed by atoms with Gasteiger partial charge in [-0.05, 0) is 12.8 Å². The second-order valence-electron chi connectivity index (χ2n) is 4.58. The van der Waals surface area contributed by atoms with Gasteiger partial charge in [0.15, 0.2) is 0 Å². The molecule has 2 fully saturated rings. The van der Waals surface area contributed by atoms with Crippen LogP contribution in [0.5, 0.6) is 0 Å². The van der Waals surface area contributed by atoms with Gasteiger partial charge < -0.3 is 10.2 Å². The maximum atomic E-state index is 11.2. The molecule has 0 aromatic carbocycles. The van der Waals surface area contributed by atoms with Crippen molar-refractivity contribution in [1.82, 2.24) is 10.2 Å². The van der Waals surface area contributed by atoms with Crippen LogP contribution in [0.4, 0.5) is 4.79 Å². The number of carbonyl (C=O) groups is 1. The molecule has 1 saturated heterocycles. The lowest BCUT2D eigenvalue weighted by atomic mass is 9.73. The van der Waals surface area contributed by atoms with E-state index in [1.54, 1.807) is 0 Å². The Hall–Kier alpha value is -0.730. The minimum Gasteiger partial charge on any atom is -0.337 e. The Kier molecular flexibility index (Phi) is 4.43. The van der Waals surface area contributed by atoms with Gasteiger partial charge in [0.2, 0.25) is 0 Å². The minimum absolute atomic E-state index is 0.0937. The van der Waals surface area contributed by atoms with Gasteiger partial charge in [0.25, 0.3) is 0 Å². The molecule has 2 amide bonds. The van der Waals surface area contributed by atoms with E-state index >= 15 is 0 Å².